The van der Waals surface area contributed by atoms with Gasteiger partial charge >= 0.3 is 0 Å². The summed E-state index contributed by atoms with van der Waals surface area (Å²) in [4.78, 5) is 0. The molecule has 0 bridgehead atoms. The summed E-state index contributed by atoms with van der Waals surface area (Å²) in [5.74, 6) is 0.348. The van der Waals surface area contributed by atoms with E-state index in [1.807, 2.05) is 0 Å². The second-order valence-electron chi connectivity index (χ2n) is 4.12. The molecule has 15 heavy (non-hydrogen) atoms. The van der Waals surface area contributed by atoms with Crippen LogP contribution in [0.3, 0.4) is 0 Å². The van der Waals surface area contributed by atoms with Gasteiger partial charge in [0.2, 0.25) is 0 Å². The van der Waals surface area contributed by atoms with Gasteiger partial charge in [0.05, 0.1) is 0 Å². The lowest BCUT2D eigenvalue weighted by Crippen LogP contribution is -2.31. The van der Waals surface area contributed by atoms with E-state index in [4.69, 9.17) is 11.6 Å². The maximum Gasteiger partial charge on any atom is 0.127 e. The van der Waals surface area contributed by atoms with Crippen molar-refractivity contribution in [3.63, 3.8) is 0 Å². The molecule has 1 unspecified atom stereocenters. The van der Waals surface area contributed by atoms with Crippen molar-refractivity contribution in [2.45, 2.75) is 19.3 Å². The number of rotatable bonds is 2. The Morgan fingerprint density at radius 1 is 1.47 bits per heavy atom. The molecule has 2 rings (SSSR count). The standard InChI is InChI=1S/C12H15ClFN/c13-11-4-1-5-12(14)10(11)7-9-3-2-6-15-8-9/h1,4-5,9,15H,2-3,6-8H2. The van der Waals surface area contributed by atoms with E-state index in [-0.39, 0.29) is 5.82 Å². The number of piperidine rings is 1. The Hall–Kier alpha value is -0.600. The molecule has 1 aliphatic rings. The maximum absolute atomic E-state index is 13.5. The molecule has 1 saturated heterocycles. The van der Waals surface area contributed by atoms with Gasteiger partial charge in [-0.05, 0) is 50.4 Å². The Morgan fingerprint density at radius 3 is 3.00 bits per heavy atom. The summed E-state index contributed by atoms with van der Waals surface area (Å²) in [6, 6.07) is 4.90. The van der Waals surface area contributed by atoms with E-state index >= 15 is 0 Å². The quantitative estimate of drug-likeness (QED) is 0.819. The first-order valence-electron chi connectivity index (χ1n) is 5.41. The topological polar surface area (TPSA) is 12.0 Å². The van der Waals surface area contributed by atoms with Crippen molar-refractivity contribution < 1.29 is 4.39 Å². The fourth-order valence-electron chi connectivity index (χ4n) is 2.11. The van der Waals surface area contributed by atoms with Gasteiger partial charge < -0.3 is 5.32 Å². The van der Waals surface area contributed by atoms with Crippen LogP contribution in [0.1, 0.15) is 18.4 Å². The molecule has 82 valence electrons. The minimum absolute atomic E-state index is 0.173. The number of halogens is 2. The maximum atomic E-state index is 13.5. The Bertz CT molecular complexity index is 314. The van der Waals surface area contributed by atoms with Crippen LogP contribution in [0.15, 0.2) is 18.2 Å². The molecule has 0 saturated carbocycles. The van der Waals surface area contributed by atoms with Crippen LogP contribution < -0.4 is 5.32 Å². The predicted octanol–water partition coefficient (Wildman–Crippen LogP) is 3.02. The molecule has 1 fully saturated rings. The summed E-state index contributed by atoms with van der Waals surface area (Å²) in [6.07, 6.45) is 3.09. The van der Waals surface area contributed by atoms with Crippen LogP contribution in [0.5, 0.6) is 0 Å². The van der Waals surface area contributed by atoms with E-state index < -0.39 is 0 Å². The minimum atomic E-state index is -0.173. The van der Waals surface area contributed by atoms with Crippen LogP contribution in [-0.4, -0.2) is 13.1 Å². The third-order valence-electron chi connectivity index (χ3n) is 2.95. The number of benzene rings is 1. The normalized spacial score (nSPS) is 21.6. The van der Waals surface area contributed by atoms with Gasteiger partial charge in [0.15, 0.2) is 0 Å². The molecule has 1 nitrogen and oxygen atoms in total. The van der Waals surface area contributed by atoms with Crippen LogP contribution in [0.2, 0.25) is 5.02 Å². The molecule has 1 atom stereocenters. The van der Waals surface area contributed by atoms with Crippen molar-refractivity contribution in [1.82, 2.24) is 5.32 Å². The van der Waals surface area contributed by atoms with E-state index in [9.17, 15) is 4.39 Å². The summed E-state index contributed by atoms with van der Waals surface area (Å²) in [5.41, 5.74) is 0.674. The third kappa shape index (κ3) is 2.70. The van der Waals surface area contributed by atoms with Crippen molar-refractivity contribution in [2.75, 3.05) is 13.1 Å². The monoisotopic (exact) mass is 227 g/mol. The van der Waals surface area contributed by atoms with Crippen LogP contribution in [0, 0.1) is 11.7 Å². The zero-order chi connectivity index (χ0) is 10.7. The summed E-state index contributed by atoms with van der Waals surface area (Å²) in [6.45, 7) is 2.06. The average molecular weight is 228 g/mol. The molecule has 1 aromatic carbocycles. The van der Waals surface area contributed by atoms with Crippen LogP contribution >= 0.6 is 11.6 Å². The summed E-state index contributed by atoms with van der Waals surface area (Å²) in [5, 5.41) is 3.88. The second kappa shape index (κ2) is 4.95. The SMILES string of the molecule is Fc1cccc(Cl)c1CC1CCCNC1. The van der Waals surface area contributed by atoms with E-state index in [0.717, 1.165) is 25.9 Å². The molecule has 0 amide bonds. The molecule has 0 aliphatic carbocycles. The van der Waals surface area contributed by atoms with Crippen molar-refractivity contribution >= 4 is 11.6 Å². The third-order valence-corrected chi connectivity index (χ3v) is 3.31. The fraction of sp³-hybridized carbons (Fsp3) is 0.500. The molecule has 1 aromatic rings. The Morgan fingerprint density at radius 2 is 2.33 bits per heavy atom. The van der Waals surface area contributed by atoms with Crippen molar-refractivity contribution in [3.8, 4) is 0 Å². The smallest absolute Gasteiger partial charge is 0.127 e. The van der Waals surface area contributed by atoms with Gasteiger partial charge in [-0.25, -0.2) is 4.39 Å². The summed E-state index contributed by atoms with van der Waals surface area (Å²) >= 11 is 5.99. The molecule has 0 spiro atoms. The van der Waals surface area contributed by atoms with Gasteiger partial charge in [0.25, 0.3) is 0 Å². The summed E-state index contributed by atoms with van der Waals surface area (Å²) < 4.78 is 13.5. The second-order valence-corrected chi connectivity index (χ2v) is 4.52. The van der Waals surface area contributed by atoms with Gasteiger partial charge in [0.1, 0.15) is 5.82 Å². The number of hydrogen-bond donors (Lipinski definition) is 1. The van der Waals surface area contributed by atoms with Crippen molar-refractivity contribution in [3.05, 3.63) is 34.6 Å². The Kier molecular flexibility index (Phi) is 3.60. The largest absolute Gasteiger partial charge is 0.316 e. The van der Waals surface area contributed by atoms with E-state index in [2.05, 4.69) is 5.32 Å². The van der Waals surface area contributed by atoms with Crippen molar-refractivity contribution in [1.29, 1.82) is 0 Å². The van der Waals surface area contributed by atoms with E-state index in [1.54, 1.807) is 12.1 Å². The molecule has 1 N–H and O–H groups in total. The highest BCUT2D eigenvalue weighted by atomic mass is 35.5. The lowest BCUT2D eigenvalue weighted by atomic mass is 9.92. The van der Waals surface area contributed by atoms with Crippen LogP contribution in [0.25, 0.3) is 0 Å². The Labute approximate surface area is 94.6 Å². The van der Waals surface area contributed by atoms with Crippen LogP contribution in [-0.2, 0) is 6.42 Å². The molecule has 0 radical (unpaired) electrons. The minimum Gasteiger partial charge on any atom is -0.316 e. The first-order valence-corrected chi connectivity index (χ1v) is 5.79. The molecular formula is C12H15ClFN. The van der Waals surface area contributed by atoms with Gasteiger partial charge in [-0.2, -0.15) is 0 Å². The van der Waals surface area contributed by atoms with E-state index in [1.165, 1.54) is 12.5 Å². The van der Waals surface area contributed by atoms with Gasteiger partial charge in [0, 0.05) is 10.6 Å². The lowest BCUT2D eigenvalue weighted by Gasteiger charge is -2.23. The lowest BCUT2D eigenvalue weighted by molar-refractivity contribution is 0.372. The number of hydrogen-bond acceptors (Lipinski definition) is 1. The van der Waals surface area contributed by atoms with E-state index in [0.29, 0.717) is 16.5 Å². The first kappa shape index (κ1) is 10.9. The highest BCUT2D eigenvalue weighted by molar-refractivity contribution is 6.31. The Balaban J connectivity index is 2.09. The molecule has 3 heteroatoms. The first-order chi connectivity index (χ1) is 7.27. The highest BCUT2D eigenvalue weighted by Gasteiger charge is 2.17. The molecule has 1 aliphatic heterocycles. The average Bonchev–Trinajstić information content (AvgIpc) is 2.25. The van der Waals surface area contributed by atoms with Gasteiger partial charge in [-0.15, -0.1) is 0 Å². The zero-order valence-electron chi connectivity index (χ0n) is 8.60. The summed E-state index contributed by atoms with van der Waals surface area (Å²) in [7, 11) is 0. The van der Waals surface area contributed by atoms with Crippen LogP contribution in [0.4, 0.5) is 4.39 Å². The van der Waals surface area contributed by atoms with Crippen molar-refractivity contribution in [2.24, 2.45) is 5.92 Å². The molecule has 1 heterocycles. The van der Waals surface area contributed by atoms with Gasteiger partial charge in [-0.3, -0.25) is 0 Å². The molecular weight excluding hydrogens is 213 g/mol. The van der Waals surface area contributed by atoms with Gasteiger partial charge in [-0.1, -0.05) is 17.7 Å². The molecule has 0 aromatic heterocycles. The number of nitrogens with one attached hydrogen (secondary N) is 1. The fourth-order valence-corrected chi connectivity index (χ4v) is 2.35. The highest BCUT2D eigenvalue weighted by Crippen LogP contribution is 2.24. The predicted molar refractivity (Wildman–Crippen MR) is 60.7 cm³/mol. The zero-order valence-corrected chi connectivity index (χ0v) is 9.36.